The predicted octanol–water partition coefficient (Wildman–Crippen LogP) is 3.55. The van der Waals surface area contributed by atoms with Gasteiger partial charge in [-0.25, -0.2) is 4.68 Å². The number of nitrogens with one attached hydrogen (secondary N) is 1. The lowest BCUT2D eigenvalue weighted by Crippen LogP contribution is -2.13. The first-order valence-electron chi connectivity index (χ1n) is 6.97. The molecule has 116 valence electrons. The summed E-state index contributed by atoms with van der Waals surface area (Å²) < 4.78 is 1.47. The summed E-state index contributed by atoms with van der Waals surface area (Å²) in [5.74, 6) is -0.609. The van der Waals surface area contributed by atoms with Gasteiger partial charge in [0.15, 0.2) is 11.4 Å². The lowest BCUT2D eigenvalue weighted by atomic mass is 10.3. The maximum atomic E-state index is 12.3. The first-order valence-corrected chi connectivity index (χ1v) is 8.19. The fourth-order valence-electron chi connectivity index (χ4n) is 2.13. The number of aromatic hydroxyl groups is 1. The summed E-state index contributed by atoms with van der Waals surface area (Å²) in [6.07, 6.45) is 3.39. The van der Waals surface area contributed by atoms with Gasteiger partial charge in [0.25, 0.3) is 5.91 Å². The van der Waals surface area contributed by atoms with E-state index >= 15 is 0 Å². The molecule has 2 aromatic carbocycles. The number of benzene rings is 2. The number of carbonyl (C=O) groups excluding carboxylic acids is 1. The van der Waals surface area contributed by atoms with Crippen LogP contribution in [0.15, 0.2) is 65.7 Å². The molecule has 0 spiro atoms. The molecule has 23 heavy (non-hydrogen) atoms. The van der Waals surface area contributed by atoms with Crippen LogP contribution < -0.4 is 5.32 Å². The first-order chi connectivity index (χ1) is 11.2. The topological polar surface area (TPSA) is 67.2 Å². The van der Waals surface area contributed by atoms with Crippen molar-refractivity contribution in [1.29, 1.82) is 0 Å². The van der Waals surface area contributed by atoms with E-state index in [1.54, 1.807) is 17.8 Å². The highest BCUT2D eigenvalue weighted by molar-refractivity contribution is 7.98. The van der Waals surface area contributed by atoms with E-state index in [0.29, 0.717) is 5.69 Å². The molecule has 1 heterocycles. The first kappa shape index (κ1) is 15.2. The molecule has 5 nitrogen and oxygen atoms in total. The molecule has 0 saturated carbocycles. The number of carbonyl (C=O) groups is 1. The van der Waals surface area contributed by atoms with Crippen molar-refractivity contribution < 1.29 is 9.90 Å². The zero-order chi connectivity index (χ0) is 16.2. The van der Waals surface area contributed by atoms with Crippen molar-refractivity contribution in [1.82, 2.24) is 9.78 Å². The minimum atomic E-state index is -0.449. The molecule has 2 N–H and O–H groups in total. The van der Waals surface area contributed by atoms with Gasteiger partial charge in [0, 0.05) is 10.6 Å². The molecule has 0 fully saturated rings. The quantitative estimate of drug-likeness (QED) is 0.720. The highest BCUT2D eigenvalue weighted by Crippen LogP contribution is 2.22. The van der Waals surface area contributed by atoms with Crippen LogP contribution in [0.2, 0.25) is 0 Å². The van der Waals surface area contributed by atoms with Crippen molar-refractivity contribution in [2.24, 2.45) is 0 Å². The van der Waals surface area contributed by atoms with Crippen LogP contribution in [0.1, 0.15) is 10.5 Å². The van der Waals surface area contributed by atoms with Crippen molar-refractivity contribution in [2.75, 3.05) is 11.6 Å². The number of thioether (sulfide) groups is 1. The van der Waals surface area contributed by atoms with Gasteiger partial charge in [0.05, 0.1) is 11.9 Å². The SMILES string of the molecule is CSc1cccc(NC(=O)c2nn(-c3ccccc3)cc2O)c1. The van der Waals surface area contributed by atoms with Gasteiger partial charge in [-0.1, -0.05) is 24.3 Å². The molecular formula is C17H15N3O2S. The van der Waals surface area contributed by atoms with Crippen LogP contribution in [0.4, 0.5) is 5.69 Å². The second kappa shape index (κ2) is 6.58. The fourth-order valence-corrected chi connectivity index (χ4v) is 2.59. The molecule has 0 saturated heterocycles. The van der Waals surface area contributed by atoms with Crippen molar-refractivity contribution in [3.8, 4) is 11.4 Å². The summed E-state index contributed by atoms with van der Waals surface area (Å²) in [5, 5.41) is 16.9. The monoisotopic (exact) mass is 325 g/mol. The molecule has 3 rings (SSSR count). The molecule has 6 heteroatoms. The van der Waals surface area contributed by atoms with Gasteiger partial charge in [-0.15, -0.1) is 11.8 Å². The minimum absolute atomic E-state index is 0.0107. The smallest absolute Gasteiger partial charge is 0.280 e. The van der Waals surface area contributed by atoms with Crippen LogP contribution in [-0.4, -0.2) is 27.0 Å². The summed E-state index contributed by atoms with van der Waals surface area (Å²) in [4.78, 5) is 13.4. The van der Waals surface area contributed by atoms with Crippen molar-refractivity contribution in [3.63, 3.8) is 0 Å². The number of hydrogen-bond donors (Lipinski definition) is 2. The average molecular weight is 325 g/mol. The Labute approximate surface area is 138 Å². The predicted molar refractivity (Wildman–Crippen MR) is 91.4 cm³/mol. The molecule has 1 amide bonds. The Morgan fingerprint density at radius 1 is 1.17 bits per heavy atom. The van der Waals surface area contributed by atoms with Crippen molar-refractivity contribution >= 4 is 23.4 Å². The van der Waals surface area contributed by atoms with Gasteiger partial charge in [0.1, 0.15) is 0 Å². The highest BCUT2D eigenvalue weighted by Gasteiger charge is 2.17. The van der Waals surface area contributed by atoms with Crippen LogP contribution in [0.5, 0.6) is 5.75 Å². The van der Waals surface area contributed by atoms with E-state index in [1.165, 1.54) is 10.9 Å². The van der Waals surface area contributed by atoms with Gasteiger partial charge in [0.2, 0.25) is 0 Å². The molecule has 0 radical (unpaired) electrons. The van der Waals surface area contributed by atoms with Crippen LogP contribution in [0, 0.1) is 0 Å². The van der Waals surface area contributed by atoms with E-state index < -0.39 is 5.91 Å². The lowest BCUT2D eigenvalue weighted by Gasteiger charge is -2.05. The zero-order valence-corrected chi connectivity index (χ0v) is 13.2. The van der Waals surface area contributed by atoms with Crippen LogP contribution in [-0.2, 0) is 0 Å². The minimum Gasteiger partial charge on any atom is -0.504 e. The lowest BCUT2D eigenvalue weighted by molar-refractivity contribution is 0.101. The Kier molecular flexibility index (Phi) is 4.34. The molecule has 0 aliphatic carbocycles. The van der Waals surface area contributed by atoms with Gasteiger partial charge in [-0.3, -0.25) is 4.79 Å². The Morgan fingerprint density at radius 2 is 1.96 bits per heavy atom. The number of anilines is 1. The van der Waals surface area contributed by atoms with E-state index in [1.807, 2.05) is 54.8 Å². The van der Waals surface area contributed by atoms with Crippen molar-refractivity contribution in [2.45, 2.75) is 4.90 Å². The Balaban J connectivity index is 1.84. The molecule has 3 aromatic rings. The van der Waals surface area contributed by atoms with Crippen LogP contribution in [0.3, 0.4) is 0 Å². The molecule has 0 unspecified atom stereocenters. The zero-order valence-electron chi connectivity index (χ0n) is 12.4. The van der Waals surface area contributed by atoms with E-state index in [-0.39, 0.29) is 11.4 Å². The number of rotatable bonds is 4. The van der Waals surface area contributed by atoms with E-state index in [4.69, 9.17) is 0 Å². The van der Waals surface area contributed by atoms with E-state index in [2.05, 4.69) is 10.4 Å². The molecule has 0 aliphatic heterocycles. The number of amides is 1. The Hall–Kier alpha value is -2.73. The second-order valence-electron chi connectivity index (χ2n) is 4.83. The van der Waals surface area contributed by atoms with E-state index in [0.717, 1.165) is 10.6 Å². The number of nitrogens with zero attached hydrogens (tertiary/aromatic N) is 2. The number of aromatic nitrogens is 2. The molecule has 0 atom stereocenters. The standard InChI is InChI=1S/C17H15N3O2S/c1-23-14-9-5-6-12(10-14)18-17(22)16-15(21)11-20(19-16)13-7-3-2-4-8-13/h2-11,21H,1H3,(H,18,22). The van der Waals surface area contributed by atoms with Gasteiger partial charge < -0.3 is 10.4 Å². The Morgan fingerprint density at radius 3 is 2.70 bits per heavy atom. The largest absolute Gasteiger partial charge is 0.504 e. The third-order valence-electron chi connectivity index (χ3n) is 3.26. The normalized spacial score (nSPS) is 10.5. The molecule has 0 aliphatic rings. The van der Waals surface area contributed by atoms with E-state index in [9.17, 15) is 9.90 Å². The maximum absolute atomic E-state index is 12.3. The summed E-state index contributed by atoms with van der Waals surface area (Å²) in [7, 11) is 0. The van der Waals surface area contributed by atoms with Gasteiger partial charge in [-0.05, 0) is 36.6 Å². The molecular weight excluding hydrogens is 310 g/mol. The third-order valence-corrected chi connectivity index (χ3v) is 3.98. The Bertz CT molecular complexity index is 831. The summed E-state index contributed by atoms with van der Waals surface area (Å²) in [6, 6.07) is 16.8. The molecule has 1 aromatic heterocycles. The summed E-state index contributed by atoms with van der Waals surface area (Å²) >= 11 is 1.59. The fraction of sp³-hybridized carbons (Fsp3) is 0.0588. The highest BCUT2D eigenvalue weighted by atomic mass is 32.2. The van der Waals surface area contributed by atoms with Crippen molar-refractivity contribution in [3.05, 3.63) is 66.5 Å². The van der Waals surface area contributed by atoms with Gasteiger partial charge in [-0.2, -0.15) is 5.10 Å². The third kappa shape index (κ3) is 3.37. The molecule has 0 bridgehead atoms. The summed E-state index contributed by atoms with van der Waals surface area (Å²) in [5.41, 5.74) is 1.42. The second-order valence-corrected chi connectivity index (χ2v) is 5.71. The number of para-hydroxylation sites is 1. The maximum Gasteiger partial charge on any atom is 0.280 e. The van der Waals surface area contributed by atoms with Crippen LogP contribution in [0.25, 0.3) is 5.69 Å². The summed E-state index contributed by atoms with van der Waals surface area (Å²) in [6.45, 7) is 0. The van der Waals surface area contributed by atoms with Gasteiger partial charge >= 0.3 is 0 Å². The van der Waals surface area contributed by atoms with Crippen LogP contribution >= 0.6 is 11.8 Å². The average Bonchev–Trinajstić information content (AvgIpc) is 2.98. The number of hydrogen-bond acceptors (Lipinski definition) is 4.